The first-order valence-corrected chi connectivity index (χ1v) is 6.75. The number of aliphatic hydroxyl groups excluding tert-OH is 1. The number of piperidine rings is 2. The number of carbonyl (C=O) groups excluding carboxylic acids is 1. The lowest BCUT2D eigenvalue weighted by Crippen LogP contribution is -2.60. The van der Waals surface area contributed by atoms with E-state index in [0.717, 1.165) is 38.8 Å². The third-order valence-corrected chi connectivity index (χ3v) is 4.30. The second-order valence-corrected chi connectivity index (χ2v) is 5.80. The summed E-state index contributed by atoms with van der Waals surface area (Å²) in [5.41, 5.74) is -0.404. The van der Waals surface area contributed by atoms with Gasteiger partial charge in [0.25, 0.3) is 0 Å². The maximum atomic E-state index is 12.5. The highest BCUT2D eigenvalue weighted by atomic mass is 16.3. The van der Waals surface area contributed by atoms with E-state index in [-0.39, 0.29) is 12.0 Å². The molecule has 0 saturated carbocycles. The Morgan fingerprint density at radius 2 is 2.24 bits per heavy atom. The molecule has 0 aromatic rings. The second kappa shape index (κ2) is 4.94. The monoisotopic (exact) mass is 240 g/mol. The molecule has 4 nitrogen and oxygen atoms in total. The number of hydrogen-bond donors (Lipinski definition) is 2. The van der Waals surface area contributed by atoms with Crippen LogP contribution in [0.25, 0.3) is 0 Å². The summed E-state index contributed by atoms with van der Waals surface area (Å²) in [4.78, 5) is 14.3. The van der Waals surface area contributed by atoms with Gasteiger partial charge in [-0.2, -0.15) is 0 Å². The van der Waals surface area contributed by atoms with E-state index in [1.54, 1.807) is 0 Å². The third kappa shape index (κ3) is 2.63. The highest BCUT2D eigenvalue weighted by Crippen LogP contribution is 2.24. The maximum absolute atomic E-state index is 12.5. The number of hydrogen-bond acceptors (Lipinski definition) is 3. The predicted molar refractivity (Wildman–Crippen MR) is 66.6 cm³/mol. The largest absolute Gasteiger partial charge is 0.391 e. The first-order chi connectivity index (χ1) is 8.03. The van der Waals surface area contributed by atoms with Gasteiger partial charge in [-0.15, -0.1) is 0 Å². The average molecular weight is 240 g/mol. The van der Waals surface area contributed by atoms with Gasteiger partial charge < -0.3 is 15.3 Å². The van der Waals surface area contributed by atoms with Crippen LogP contribution in [0.3, 0.4) is 0 Å². The van der Waals surface area contributed by atoms with E-state index >= 15 is 0 Å². The minimum atomic E-state index is -0.404. The van der Waals surface area contributed by atoms with Gasteiger partial charge in [-0.05, 0) is 45.1 Å². The predicted octanol–water partition coefficient (Wildman–Crippen LogP) is 0.748. The lowest BCUT2D eigenvalue weighted by molar-refractivity contribution is -0.143. The first kappa shape index (κ1) is 12.8. The number of aliphatic hydroxyl groups is 1. The van der Waals surface area contributed by atoms with Crippen LogP contribution in [-0.2, 0) is 4.79 Å². The summed E-state index contributed by atoms with van der Waals surface area (Å²) in [7, 11) is 0. The smallest absolute Gasteiger partial charge is 0.242 e. The second-order valence-electron chi connectivity index (χ2n) is 5.80. The van der Waals surface area contributed by atoms with Crippen LogP contribution in [0, 0.1) is 5.92 Å². The van der Waals surface area contributed by atoms with Crippen molar-refractivity contribution in [1.82, 2.24) is 10.2 Å². The van der Waals surface area contributed by atoms with Crippen LogP contribution in [0.5, 0.6) is 0 Å². The van der Waals surface area contributed by atoms with Gasteiger partial charge in [0.05, 0.1) is 11.6 Å². The summed E-state index contributed by atoms with van der Waals surface area (Å²) in [6, 6.07) is 0. The van der Waals surface area contributed by atoms with Crippen molar-refractivity contribution >= 4 is 5.91 Å². The van der Waals surface area contributed by atoms with Crippen molar-refractivity contribution in [2.75, 3.05) is 19.6 Å². The van der Waals surface area contributed by atoms with Crippen molar-refractivity contribution in [2.45, 2.75) is 51.2 Å². The SMILES string of the molecule is CC1CCN(C(=O)C2(C)CCCCN2)CC1O. The molecule has 2 aliphatic heterocycles. The fourth-order valence-electron chi connectivity index (χ4n) is 2.82. The Labute approximate surface area is 103 Å². The van der Waals surface area contributed by atoms with E-state index in [1.807, 2.05) is 18.7 Å². The summed E-state index contributed by atoms with van der Waals surface area (Å²) in [5, 5.41) is 13.2. The van der Waals surface area contributed by atoms with Gasteiger partial charge in [0.1, 0.15) is 0 Å². The molecule has 0 spiro atoms. The van der Waals surface area contributed by atoms with Gasteiger partial charge in [0.15, 0.2) is 0 Å². The quantitative estimate of drug-likeness (QED) is 0.711. The number of carbonyl (C=O) groups is 1. The molecule has 98 valence electrons. The minimum absolute atomic E-state index is 0.170. The number of rotatable bonds is 1. The van der Waals surface area contributed by atoms with E-state index in [0.29, 0.717) is 12.5 Å². The van der Waals surface area contributed by atoms with Crippen molar-refractivity contribution in [3.63, 3.8) is 0 Å². The molecule has 2 rings (SSSR count). The number of likely N-dealkylation sites (tertiary alicyclic amines) is 1. The van der Waals surface area contributed by atoms with Gasteiger partial charge in [0.2, 0.25) is 5.91 Å². The topological polar surface area (TPSA) is 52.6 Å². The molecule has 4 heteroatoms. The lowest BCUT2D eigenvalue weighted by Gasteiger charge is -2.41. The van der Waals surface area contributed by atoms with E-state index in [2.05, 4.69) is 5.32 Å². The van der Waals surface area contributed by atoms with Crippen LogP contribution in [-0.4, -0.2) is 47.2 Å². The number of amides is 1. The molecule has 2 saturated heterocycles. The van der Waals surface area contributed by atoms with Crippen molar-refractivity contribution in [1.29, 1.82) is 0 Å². The Hall–Kier alpha value is -0.610. The number of nitrogens with one attached hydrogen (secondary N) is 1. The van der Waals surface area contributed by atoms with Crippen LogP contribution in [0.1, 0.15) is 39.5 Å². The zero-order valence-electron chi connectivity index (χ0n) is 10.9. The molecule has 0 aromatic carbocycles. The van der Waals surface area contributed by atoms with Gasteiger partial charge in [-0.1, -0.05) is 6.92 Å². The summed E-state index contributed by atoms with van der Waals surface area (Å²) >= 11 is 0. The van der Waals surface area contributed by atoms with Crippen molar-refractivity contribution in [3.05, 3.63) is 0 Å². The van der Waals surface area contributed by atoms with Crippen LogP contribution < -0.4 is 5.32 Å². The molecule has 17 heavy (non-hydrogen) atoms. The van der Waals surface area contributed by atoms with E-state index in [1.165, 1.54) is 0 Å². The molecule has 2 heterocycles. The Kier molecular flexibility index (Phi) is 3.73. The van der Waals surface area contributed by atoms with Gasteiger partial charge >= 0.3 is 0 Å². The van der Waals surface area contributed by atoms with E-state index in [9.17, 15) is 9.90 Å². The molecule has 1 amide bonds. The summed E-state index contributed by atoms with van der Waals surface area (Å²) in [5.74, 6) is 0.481. The van der Waals surface area contributed by atoms with E-state index < -0.39 is 5.54 Å². The molecule has 2 N–H and O–H groups in total. The summed E-state index contributed by atoms with van der Waals surface area (Å²) < 4.78 is 0. The molecular weight excluding hydrogens is 216 g/mol. The van der Waals surface area contributed by atoms with Crippen molar-refractivity contribution < 1.29 is 9.90 Å². The van der Waals surface area contributed by atoms with Crippen LogP contribution >= 0.6 is 0 Å². The Balaban J connectivity index is 1.99. The molecule has 0 aromatic heterocycles. The van der Waals surface area contributed by atoms with Gasteiger partial charge in [-0.25, -0.2) is 0 Å². The normalized spacial score (nSPS) is 39.1. The van der Waals surface area contributed by atoms with Gasteiger partial charge in [-0.3, -0.25) is 4.79 Å². The van der Waals surface area contributed by atoms with Crippen molar-refractivity contribution in [2.24, 2.45) is 5.92 Å². The summed E-state index contributed by atoms with van der Waals surface area (Å²) in [6.07, 6.45) is 3.72. The van der Waals surface area contributed by atoms with Crippen molar-refractivity contribution in [3.8, 4) is 0 Å². The Morgan fingerprint density at radius 1 is 1.47 bits per heavy atom. The highest BCUT2D eigenvalue weighted by molar-refractivity contribution is 5.86. The molecule has 3 atom stereocenters. The molecule has 3 unspecified atom stereocenters. The summed E-state index contributed by atoms with van der Waals surface area (Å²) in [6.45, 7) is 6.26. The third-order valence-electron chi connectivity index (χ3n) is 4.30. The number of β-amino-alcohol motifs (C(OH)–C–C–N with tert-alkyl or cyclic N) is 1. The standard InChI is InChI=1S/C13H24N2O2/c1-10-5-8-15(9-11(10)16)12(17)13(2)6-3-4-7-14-13/h10-11,14,16H,3-9H2,1-2H3. The molecule has 2 fully saturated rings. The fraction of sp³-hybridized carbons (Fsp3) is 0.923. The first-order valence-electron chi connectivity index (χ1n) is 6.75. The van der Waals surface area contributed by atoms with Crippen LogP contribution in [0.2, 0.25) is 0 Å². The molecular formula is C13H24N2O2. The maximum Gasteiger partial charge on any atom is 0.242 e. The fourth-order valence-corrected chi connectivity index (χ4v) is 2.82. The Bertz CT molecular complexity index is 287. The molecule has 0 radical (unpaired) electrons. The van der Waals surface area contributed by atoms with Crippen LogP contribution in [0.4, 0.5) is 0 Å². The lowest BCUT2D eigenvalue weighted by atomic mass is 9.87. The number of nitrogens with zero attached hydrogens (tertiary/aromatic N) is 1. The van der Waals surface area contributed by atoms with E-state index in [4.69, 9.17) is 0 Å². The average Bonchev–Trinajstić information content (AvgIpc) is 2.33. The zero-order valence-corrected chi connectivity index (χ0v) is 10.9. The Morgan fingerprint density at radius 3 is 2.82 bits per heavy atom. The minimum Gasteiger partial charge on any atom is -0.391 e. The molecule has 0 aliphatic carbocycles. The molecule has 2 aliphatic rings. The van der Waals surface area contributed by atoms with Crippen LogP contribution in [0.15, 0.2) is 0 Å². The molecule has 0 bridgehead atoms. The zero-order chi connectivity index (χ0) is 12.5. The van der Waals surface area contributed by atoms with Gasteiger partial charge in [0, 0.05) is 13.1 Å². The highest BCUT2D eigenvalue weighted by Gasteiger charge is 2.39.